The second-order valence-electron chi connectivity index (χ2n) is 3.62. The van der Waals surface area contributed by atoms with Crippen molar-refractivity contribution in [1.29, 1.82) is 0 Å². The minimum absolute atomic E-state index is 0.424. The average molecular weight is 245 g/mol. The second-order valence-corrected chi connectivity index (χ2v) is 4.03. The average Bonchev–Trinajstić information content (AvgIpc) is 2.36. The molecule has 0 saturated carbocycles. The summed E-state index contributed by atoms with van der Waals surface area (Å²) in [5, 5.41) is 3.66. The molecule has 2 aromatic carbocycles. The van der Waals surface area contributed by atoms with E-state index in [2.05, 4.69) is 5.32 Å². The number of nitrogens with one attached hydrogen (secondary N) is 1. The number of anilines is 2. The van der Waals surface area contributed by atoms with Crippen molar-refractivity contribution in [2.24, 2.45) is 0 Å². The van der Waals surface area contributed by atoms with Gasteiger partial charge in [0.2, 0.25) is 6.29 Å². The SMILES string of the molecule is O=[C]c1cccc2c1Nc1c(Cl)cccc1O2. The van der Waals surface area contributed by atoms with Crippen LogP contribution in [0.3, 0.4) is 0 Å². The maximum absolute atomic E-state index is 10.8. The topological polar surface area (TPSA) is 38.3 Å². The van der Waals surface area contributed by atoms with Gasteiger partial charge in [0.1, 0.15) is 5.69 Å². The lowest BCUT2D eigenvalue weighted by Crippen LogP contribution is -2.05. The summed E-state index contributed by atoms with van der Waals surface area (Å²) >= 11 is 6.06. The summed E-state index contributed by atoms with van der Waals surface area (Å²) in [4.78, 5) is 10.8. The number of benzene rings is 2. The number of hydrogen-bond donors (Lipinski definition) is 1. The van der Waals surface area contributed by atoms with Crippen LogP contribution in [0.25, 0.3) is 0 Å². The van der Waals surface area contributed by atoms with Crippen molar-refractivity contribution in [3.8, 4) is 11.5 Å². The fraction of sp³-hybridized carbons (Fsp3) is 0. The Hall–Kier alpha value is -2.00. The predicted molar refractivity (Wildman–Crippen MR) is 66.0 cm³/mol. The van der Waals surface area contributed by atoms with Crippen LogP contribution in [0, 0.1) is 0 Å². The summed E-state index contributed by atoms with van der Waals surface area (Å²) in [6, 6.07) is 10.6. The first-order valence-corrected chi connectivity index (χ1v) is 5.42. The fourth-order valence-corrected chi connectivity index (χ4v) is 2.00. The van der Waals surface area contributed by atoms with Gasteiger partial charge >= 0.3 is 0 Å². The third-order valence-electron chi connectivity index (χ3n) is 2.58. The zero-order valence-corrected chi connectivity index (χ0v) is 9.41. The molecule has 3 rings (SSSR count). The molecule has 0 amide bonds. The molecule has 1 radical (unpaired) electrons. The van der Waals surface area contributed by atoms with Gasteiger partial charge in [-0.25, -0.2) is 0 Å². The van der Waals surface area contributed by atoms with Gasteiger partial charge in [0.25, 0.3) is 0 Å². The van der Waals surface area contributed by atoms with E-state index in [0.717, 1.165) is 0 Å². The monoisotopic (exact) mass is 244 g/mol. The van der Waals surface area contributed by atoms with E-state index in [9.17, 15) is 4.79 Å². The van der Waals surface area contributed by atoms with Crippen LogP contribution in [0.4, 0.5) is 11.4 Å². The Labute approximate surface area is 103 Å². The largest absolute Gasteiger partial charge is 0.453 e. The van der Waals surface area contributed by atoms with Crippen LogP contribution in [-0.2, 0) is 4.79 Å². The lowest BCUT2D eigenvalue weighted by molar-refractivity contribution is 0.481. The van der Waals surface area contributed by atoms with E-state index < -0.39 is 0 Å². The van der Waals surface area contributed by atoms with Crippen molar-refractivity contribution in [2.45, 2.75) is 0 Å². The van der Waals surface area contributed by atoms with Crippen molar-refractivity contribution >= 4 is 29.3 Å². The highest BCUT2D eigenvalue weighted by Gasteiger charge is 2.20. The number of halogens is 1. The van der Waals surface area contributed by atoms with Gasteiger partial charge in [-0.15, -0.1) is 0 Å². The van der Waals surface area contributed by atoms with Crippen molar-refractivity contribution in [3.05, 3.63) is 47.0 Å². The Kier molecular flexibility index (Phi) is 2.27. The van der Waals surface area contributed by atoms with E-state index >= 15 is 0 Å². The van der Waals surface area contributed by atoms with Crippen LogP contribution >= 0.6 is 11.6 Å². The van der Waals surface area contributed by atoms with E-state index in [-0.39, 0.29) is 0 Å². The van der Waals surface area contributed by atoms with E-state index in [4.69, 9.17) is 16.3 Å². The minimum atomic E-state index is 0.424. The number of fused-ring (bicyclic) bond motifs is 2. The van der Waals surface area contributed by atoms with Gasteiger partial charge in [-0.2, -0.15) is 0 Å². The summed E-state index contributed by atoms with van der Waals surface area (Å²) in [6.07, 6.45) is 1.87. The fourth-order valence-electron chi connectivity index (χ4n) is 1.78. The highest BCUT2D eigenvalue weighted by Crippen LogP contribution is 2.45. The number of ether oxygens (including phenoxy) is 1. The molecule has 0 fully saturated rings. The zero-order chi connectivity index (χ0) is 11.8. The summed E-state index contributed by atoms with van der Waals surface area (Å²) in [7, 11) is 0. The van der Waals surface area contributed by atoms with Gasteiger partial charge in [0, 0.05) is 0 Å². The molecule has 0 saturated heterocycles. The molecule has 4 heteroatoms. The third kappa shape index (κ3) is 1.56. The van der Waals surface area contributed by atoms with Gasteiger partial charge in [-0.1, -0.05) is 23.7 Å². The number of para-hydroxylation sites is 2. The summed E-state index contributed by atoms with van der Waals surface area (Å²) < 4.78 is 5.67. The van der Waals surface area contributed by atoms with Crippen LogP contribution in [0.15, 0.2) is 36.4 Å². The van der Waals surface area contributed by atoms with E-state index in [1.165, 1.54) is 0 Å². The van der Waals surface area contributed by atoms with Gasteiger partial charge in [-0.3, -0.25) is 4.79 Å². The highest BCUT2D eigenvalue weighted by molar-refractivity contribution is 6.33. The second kappa shape index (κ2) is 3.79. The Bertz CT molecular complexity index is 610. The van der Waals surface area contributed by atoms with Crippen LogP contribution in [-0.4, -0.2) is 6.29 Å². The minimum Gasteiger partial charge on any atom is -0.453 e. The smallest absolute Gasteiger partial charge is 0.235 e. The molecule has 0 spiro atoms. The molecule has 1 N–H and O–H groups in total. The molecule has 0 bridgehead atoms. The molecule has 1 aliphatic heterocycles. The molecule has 1 aliphatic rings. The van der Waals surface area contributed by atoms with Gasteiger partial charge in [0.05, 0.1) is 16.3 Å². The third-order valence-corrected chi connectivity index (χ3v) is 2.90. The quantitative estimate of drug-likeness (QED) is 0.710. The molecule has 3 nitrogen and oxygen atoms in total. The molecule has 1 heterocycles. The standard InChI is InChI=1S/C13H7ClNO2/c14-9-4-2-6-11-13(9)15-12-8(7-16)3-1-5-10(12)17-11/h1-6,15H. The molecule has 0 atom stereocenters. The molecular weight excluding hydrogens is 238 g/mol. The Morgan fingerprint density at radius 1 is 1.06 bits per heavy atom. The van der Waals surface area contributed by atoms with Crippen molar-refractivity contribution < 1.29 is 9.53 Å². The van der Waals surface area contributed by atoms with E-state index in [0.29, 0.717) is 33.5 Å². The van der Waals surface area contributed by atoms with Gasteiger partial charge in [-0.05, 0) is 24.3 Å². The molecule has 0 unspecified atom stereocenters. The molecule has 83 valence electrons. The maximum atomic E-state index is 10.8. The molecule has 17 heavy (non-hydrogen) atoms. The van der Waals surface area contributed by atoms with Crippen molar-refractivity contribution in [1.82, 2.24) is 0 Å². The Morgan fingerprint density at radius 3 is 2.53 bits per heavy atom. The first-order chi connectivity index (χ1) is 8.29. The number of hydrogen-bond acceptors (Lipinski definition) is 3. The summed E-state index contributed by atoms with van der Waals surface area (Å²) in [5.41, 5.74) is 1.69. The maximum Gasteiger partial charge on any atom is 0.235 e. The number of rotatable bonds is 1. The van der Waals surface area contributed by atoms with Gasteiger partial charge < -0.3 is 10.1 Å². The molecule has 2 aromatic rings. The van der Waals surface area contributed by atoms with Gasteiger partial charge in [0.15, 0.2) is 11.5 Å². The normalized spacial score (nSPS) is 11.8. The molecule has 0 aliphatic carbocycles. The first kappa shape index (κ1) is 10.2. The van der Waals surface area contributed by atoms with Crippen molar-refractivity contribution in [2.75, 3.05) is 5.32 Å². The predicted octanol–water partition coefficient (Wildman–Crippen LogP) is 3.65. The molecular formula is C13H7ClNO2. The van der Waals surface area contributed by atoms with E-state index in [1.807, 2.05) is 18.4 Å². The zero-order valence-electron chi connectivity index (χ0n) is 8.66. The lowest BCUT2D eigenvalue weighted by atomic mass is 10.1. The first-order valence-electron chi connectivity index (χ1n) is 5.04. The Morgan fingerprint density at radius 2 is 1.76 bits per heavy atom. The summed E-state index contributed by atoms with van der Waals surface area (Å²) in [5.74, 6) is 1.24. The summed E-state index contributed by atoms with van der Waals surface area (Å²) in [6.45, 7) is 0. The Balaban J connectivity index is 2.18. The van der Waals surface area contributed by atoms with Crippen molar-refractivity contribution in [3.63, 3.8) is 0 Å². The highest BCUT2D eigenvalue weighted by atomic mass is 35.5. The number of carbonyl (C=O) groups excluding carboxylic acids is 1. The van der Waals surface area contributed by atoms with Crippen LogP contribution in [0.1, 0.15) is 5.56 Å². The van der Waals surface area contributed by atoms with E-state index in [1.54, 1.807) is 24.3 Å². The lowest BCUT2D eigenvalue weighted by Gasteiger charge is -2.23. The van der Waals surface area contributed by atoms with Crippen LogP contribution in [0.5, 0.6) is 11.5 Å². The van der Waals surface area contributed by atoms with Crippen LogP contribution < -0.4 is 10.1 Å². The molecule has 0 aromatic heterocycles. The van der Waals surface area contributed by atoms with Crippen LogP contribution in [0.2, 0.25) is 5.02 Å².